The van der Waals surface area contributed by atoms with Crippen LogP contribution in [0.1, 0.15) is 145 Å². The zero-order chi connectivity index (χ0) is 58.0. The Bertz CT molecular complexity index is 1820. The van der Waals surface area contributed by atoms with E-state index in [-0.39, 0.29) is 84.8 Å². The quantitative estimate of drug-likeness (QED) is 0.0224. The van der Waals surface area contributed by atoms with Crippen molar-refractivity contribution in [2.75, 3.05) is 99.0 Å². The molecule has 5 unspecified atom stereocenters. The van der Waals surface area contributed by atoms with Crippen LogP contribution in [0.25, 0.3) is 0 Å². The fourth-order valence-corrected chi connectivity index (χ4v) is 9.39. The molecule has 5 atom stereocenters. The van der Waals surface area contributed by atoms with Gasteiger partial charge in [-0.1, -0.05) is 46.5 Å². The SMILES string of the molecule is CCCCCCCC[N+](C)(C)CCOC(=O)C(C)CC(CC(CC(CC(CC)C(N)=O)C(=O)[O-])C(=O)NC(COCCC(=O)OCC)(COCCC(=O)OCC)COCCC(=O)OCC)C(=O)NC(C)(C)CS(=O)(=O)O. The van der Waals surface area contributed by atoms with Gasteiger partial charge in [0.25, 0.3) is 10.1 Å². The van der Waals surface area contributed by atoms with Crippen molar-refractivity contribution in [2.24, 2.45) is 35.3 Å². The molecule has 0 fully saturated rings. The number of nitrogens with one attached hydrogen (secondary N) is 2. The minimum Gasteiger partial charge on any atom is -0.550 e. The number of aliphatic carboxylic acids is 1. The third kappa shape index (κ3) is 33.6. The number of carboxylic acids is 1. The van der Waals surface area contributed by atoms with E-state index < -0.39 is 137 Å². The topological polar surface area (TPSA) is 329 Å². The number of rotatable bonds is 46. The number of carbonyl (C=O) groups excluding carboxylic acids is 8. The number of unbranched alkanes of at least 4 members (excludes halogenated alkanes) is 5. The molecular formula is C52H94N4O19S. The highest BCUT2D eigenvalue weighted by molar-refractivity contribution is 7.85. The van der Waals surface area contributed by atoms with Crippen molar-refractivity contribution in [2.45, 2.75) is 156 Å². The van der Waals surface area contributed by atoms with Gasteiger partial charge in [0.05, 0.1) is 117 Å². The Morgan fingerprint density at radius 1 is 0.605 bits per heavy atom. The first-order chi connectivity index (χ1) is 35.6. The van der Waals surface area contributed by atoms with E-state index in [9.17, 15) is 51.6 Å². The van der Waals surface area contributed by atoms with Crippen LogP contribution < -0.4 is 21.5 Å². The highest BCUT2D eigenvalue weighted by atomic mass is 32.2. The van der Waals surface area contributed by atoms with Gasteiger partial charge in [0.1, 0.15) is 18.7 Å². The van der Waals surface area contributed by atoms with Crippen molar-refractivity contribution in [3.05, 3.63) is 0 Å². The van der Waals surface area contributed by atoms with Crippen molar-refractivity contribution in [3.8, 4) is 0 Å². The third-order valence-corrected chi connectivity index (χ3v) is 13.7. The number of primary amides is 1. The number of hydrogen-bond acceptors (Lipinski definition) is 18. The molecule has 0 aromatic carbocycles. The number of likely N-dealkylation sites (N-methyl/N-ethyl adjacent to an activating group) is 1. The van der Waals surface area contributed by atoms with Crippen LogP contribution in [0.4, 0.5) is 0 Å². The molecule has 0 bridgehead atoms. The average Bonchev–Trinajstić information content (AvgIpc) is 3.31. The number of ether oxygens (including phenoxy) is 7. The summed E-state index contributed by atoms with van der Waals surface area (Å²) in [5.74, 6) is -13.9. The molecule has 0 aromatic rings. The van der Waals surface area contributed by atoms with E-state index in [2.05, 4.69) is 17.6 Å². The number of carboxylic acid groups (broad SMARTS) is 1. The van der Waals surface area contributed by atoms with E-state index in [0.29, 0.717) is 11.0 Å². The molecule has 0 rings (SSSR count). The Labute approximate surface area is 451 Å². The fourth-order valence-electron chi connectivity index (χ4n) is 8.41. The summed E-state index contributed by atoms with van der Waals surface area (Å²) in [7, 11) is -0.592. The van der Waals surface area contributed by atoms with Gasteiger partial charge >= 0.3 is 23.9 Å². The summed E-state index contributed by atoms with van der Waals surface area (Å²) >= 11 is 0. The first-order valence-corrected chi connectivity index (χ1v) is 28.5. The molecule has 24 heteroatoms. The van der Waals surface area contributed by atoms with E-state index in [1.54, 1.807) is 27.7 Å². The molecule has 3 amide bonds. The van der Waals surface area contributed by atoms with Crippen LogP contribution in [-0.2, 0) is 81.6 Å². The highest BCUT2D eigenvalue weighted by Gasteiger charge is 2.40. The molecule has 5 N–H and O–H groups in total. The molecule has 76 heavy (non-hydrogen) atoms. The van der Waals surface area contributed by atoms with Crippen LogP contribution in [-0.4, -0.2) is 175 Å². The van der Waals surface area contributed by atoms with Gasteiger partial charge in [-0.05, 0) is 79.6 Å². The molecule has 23 nitrogen and oxygen atoms in total. The first kappa shape index (κ1) is 71.5. The molecule has 0 aliphatic carbocycles. The molecule has 0 saturated heterocycles. The van der Waals surface area contributed by atoms with E-state index >= 15 is 4.79 Å². The molecule has 0 aromatic heterocycles. The minimum atomic E-state index is -4.66. The Kier molecular flexibility index (Phi) is 35.9. The lowest BCUT2D eigenvalue weighted by Crippen LogP contribution is -2.60. The van der Waals surface area contributed by atoms with Gasteiger partial charge in [-0.25, -0.2) is 0 Å². The summed E-state index contributed by atoms with van der Waals surface area (Å²) in [6.45, 7) is 12.5. The van der Waals surface area contributed by atoms with E-state index in [0.717, 1.165) is 32.2 Å². The van der Waals surface area contributed by atoms with Gasteiger partial charge in [0.2, 0.25) is 17.7 Å². The van der Waals surface area contributed by atoms with Crippen molar-refractivity contribution in [1.82, 2.24) is 10.6 Å². The summed E-state index contributed by atoms with van der Waals surface area (Å²) in [6, 6.07) is 0. The monoisotopic (exact) mass is 1110 g/mol. The first-order valence-electron chi connectivity index (χ1n) is 26.9. The largest absolute Gasteiger partial charge is 0.550 e. The summed E-state index contributed by atoms with van der Waals surface area (Å²) < 4.78 is 73.0. The zero-order valence-corrected chi connectivity index (χ0v) is 48.0. The number of amides is 3. The number of nitrogens with two attached hydrogens (primary N) is 1. The van der Waals surface area contributed by atoms with E-state index in [1.165, 1.54) is 33.6 Å². The van der Waals surface area contributed by atoms with Crippen molar-refractivity contribution in [1.29, 1.82) is 0 Å². The Morgan fingerprint density at radius 2 is 1.04 bits per heavy atom. The highest BCUT2D eigenvalue weighted by Crippen LogP contribution is 2.31. The van der Waals surface area contributed by atoms with Gasteiger partial charge in [0.15, 0.2) is 0 Å². The second-order valence-corrected chi connectivity index (χ2v) is 22.2. The van der Waals surface area contributed by atoms with Gasteiger partial charge < -0.3 is 63.9 Å². The van der Waals surface area contributed by atoms with Gasteiger partial charge in [-0.2, -0.15) is 8.42 Å². The van der Waals surface area contributed by atoms with Crippen LogP contribution in [0.5, 0.6) is 0 Å². The predicted molar refractivity (Wildman–Crippen MR) is 278 cm³/mol. The van der Waals surface area contributed by atoms with E-state index in [4.69, 9.17) is 38.9 Å². The number of esters is 4. The predicted octanol–water partition coefficient (Wildman–Crippen LogP) is 2.82. The van der Waals surface area contributed by atoms with Crippen LogP contribution in [0.3, 0.4) is 0 Å². The lowest BCUT2D eigenvalue weighted by molar-refractivity contribution is -0.890. The van der Waals surface area contributed by atoms with Crippen LogP contribution in [0, 0.1) is 29.6 Å². The Hall–Kier alpha value is -4.49. The molecule has 0 heterocycles. The third-order valence-electron chi connectivity index (χ3n) is 12.6. The number of nitrogens with zero attached hydrogens (tertiary/aromatic N) is 1. The maximum Gasteiger partial charge on any atom is 0.308 e. The summed E-state index contributed by atoms with van der Waals surface area (Å²) in [5.41, 5.74) is 2.29. The lowest BCUT2D eigenvalue weighted by atomic mass is 9.79. The smallest absolute Gasteiger partial charge is 0.308 e. The molecule has 0 radical (unpaired) electrons. The van der Waals surface area contributed by atoms with Gasteiger partial charge in [-0.3, -0.25) is 38.1 Å². The van der Waals surface area contributed by atoms with E-state index in [1.807, 2.05) is 14.1 Å². The summed E-state index contributed by atoms with van der Waals surface area (Å²) in [5, 5.41) is 18.4. The maximum absolute atomic E-state index is 15.2. The molecule has 0 spiro atoms. The molecule has 442 valence electrons. The van der Waals surface area contributed by atoms with Crippen molar-refractivity contribution < 1.29 is 94.1 Å². The second kappa shape index (κ2) is 38.1. The van der Waals surface area contributed by atoms with Crippen LogP contribution in [0.15, 0.2) is 0 Å². The summed E-state index contributed by atoms with van der Waals surface area (Å²) in [4.78, 5) is 106. The molecule has 0 saturated carbocycles. The molecule has 0 aliphatic rings. The number of carbonyl (C=O) groups is 8. The maximum atomic E-state index is 15.2. The minimum absolute atomic E-state index is 0.0503. The lowest BCUT2D eigenvalue weighted by Gasteiger charge is -2.37. The second-order valence-electron chi connectivity index (χ2n) is 20.8. The normalized spacial score (nSPS) is 14.1. The number of hydrogen-bond donors (Lipinski definition) is 4. The Morgan fingerprint density at radius 3 is 1.47 bits per heavy atom. The zero-order valence-electron chi connectivity index (χ0n) is 47.2. The van der Waals surface area contributed by atoms with Gasteiger partial charge in [0, 0.05) is 29.6 Å². The summed E-state index contributed by atoms with van der Waals surface area (Å²) in [6.07, 6.45) is 4.52. The van der Waals surface area contributed by atoms with Gasteiger partial charge in [-0.15, -0.1) is 0 Å². The van der Waals surface area contributed by atoms with Crippen LogP contribution >= 0.6 is 0 Å². The molecular weight excluding hydrogens is 1020 g/mol. The Balaban J connectivity index is 7.55. The average molecular weight is 1110 g/mol. The van der Waals surface area contributed by atoms with Crippen molar-refractivity contribution in [3.63, 3.8) is 0 Å². The standard InChI is InChI=1S/C52H94N4O19S/c1-11-16-17-18-19-20-24-56(9,10)25-29-75-50(65)38(6)30-40(47(61)54-51(7,8)37-76(66,67)68)32-41(33-42(49(63)64)31-39(12-2)46(53)60)48(62)55-52(34-69-26-21-43(57)72-13-3,35-70-27-22-44(58)73-14-4)36-71-28-23-45(59)74-15-5/h38-42H,11-37H2,1-10H3,(H5-,53,54,55,60,61,62,63,64,66,67,68). The fraction of sp³-hybridized carbons (Fsp3) is 0.846. The van der Waals surface area contributed by atoms with Crippen molar-refractivity contribution >= 4 is 57.7 Å². The van der Waals surface area contributed by atoms with Crippen LogP contribution in [0.2, 0.25) is 0 Å². The number of quaternary nitrogens is 1. The molecule has 0 aliphatic heterocycles.